The molecule has 0 unspecified atom stereocenters. The Morgan fingerprint density at radius 2 is 2.19 bits per heavy atom. The maximum atomic E-state index is 11.6. The Kier molecular flexibility index (Phi) is 5.62. The van der Waals surface area contributed by atoms with Crippen molar-refractivity contribution in [3.05, 3.63) is 64.0 Å². The van der Waals surface area contributed by atoms with Crippen LogP contribution >= 0.6 is 27.3 Å². The van der Waals surface area contributed by atoms with Crippen molar-refractivity contribution in [2.24, 2.45) is 0 Å². The first-order valence-corrected chi connectivity index (χ1v) is 11.7. The summed E-state index contributed by atoms with van der Waals surface area (Å²) in [4.78, 5) is 21.6. The van der Waals surface area contributed by atoms with Crippen molar-refractivity contribution < 1.29 is 9.53 Å². The van der Waals surface area contributed by atoms with Gasteiger partial charge in [0.25, 0.3) is 0 Å². The predicted octanol–water partition coefficient (Wildman–Crippen LogP) is 5.02. The van der Waals surface area contributed by atoms with Gasteiger partial charge in [-0.25, -0.2) is 9.67 Å². The third kappa shape index (κ3) is 3.76. The number of nitrogens with zero attached hydrogens (tertiary/aromatic N) is 4. The highest BCUT2D eigenvalue weighted by Crippen LogP contribution is 2.44. The Hall–Kier alpha value is -2.88. The van der Waals surface area contributed by atoms with E-state index in [9.17, 15) is 4.79 Å². The van der Waals surface area contributed by atoms with Crippen molar-refractivity contribution >= 4 is 38.3 Å². The van der Waals surface area contributed by atoms with Gasteiger partial charge in [-0.3, -0.25) is 9.78 Å². The van der Waals surface area contributed by atoms with E-state index in [4.69, 9.17) is 9.84 Å². The molecule has 0 aliphatic heterocycles. The maximum Gasteiger partial charge on any atom is 0.223 e. The lowest BCUT2D eigenvalue weighted by Gasteiger charge is -2.15. The molecule has 1 amide bonds. The highest BCUT2D eigenvalue weighted by molar-refractivity contribution is 9.10. The first-order valence-electron chi connectivity index (χ1n) is 10.1. The van der Waals surface area contributed by atoms with Gasteiger partial charge in [-0.15, -0.1) is 0 Å². The van der Waals surface area contributed by atoms with Gasteiger partial charge < -0.3 is 10.1 Å². The van der Waals surface area contributed by atoms with Gasteiger partial charge in [-0.2, -0.15) is 5.10 Å². The van der Waals surface area contributed by atoms with E-state index < -0.39 is 0 Å². The fourth-order valence-electron chi connectivity index (χ4n) is 3.96. The third-order valence-corrected chi connectivity index (χ3v) is 6.93. The topological polar surface area (TPSA) is 81.9 Å². The first-order chi connectivity index (χ1) is 15.5. The molecule has 3 aromatic heterocycles. The van der Waals surface area contributed by atoms with Crippen LogP contribution in [-0.2, 0) is 29.0 Å². The second-order valence-electron chi connectivity index (χ2n) is 7.52. The number of aryl methyl sites for hydroxylation is 1. The maximum absolute atomic E-state index is 11.6. The fourth-order valence-corrected chi connectivity index (χ4v) is 5.67. The molecular weight excluding hydrogens is 490 g/mol. The lowest BCUT2D eigenvalue weighted by molar-refractivity contribution is -0.114. The van der Waals surface area contributed by atoms with Gasteiger partial charge in [-0.05, 0) is 58.6 Å². The number of benzene rings is 1. The number of fused-ring (bicyclic) bond motifs is 3. The van der Waals surface area contributed by atoms with E-state index in [1.165, 1.54) is 18.3 Å². The zero-order chi connectivity index (χ0) is 22.2. The molecule has 5 rings (SSSR count). The van der Waals surface area contributed by atoms with Gasteiger partial charge in [-0.1, -0.05) is 17.4 Å². The van der Waals surface area contributed by atoms with Crippen LogP contribution in [0.25, 0.3) is 27.5 Å². The van der Waals surface area contributed by atoms with Crippen LogP contribution < -0.4 is 5.32 Å². The van der Waals surface area contributed by atoms with Gasteiger partial charge in [0.15, 0.2) is 5.13 Å². The van der Waals surface area contributed by atoms with E-state index in [2.05, 4.69) is 37.3 Å². The molecule has 0 saturated carbocycles. The summed E-state index contributed by atoms with van der Waals surface area (Å²) in [7, 11) is 1.68. The van der Waals surface area contributed by atoms with Crippen LogP contribution in [0.3, 0.4) is 0 Å². The molecule has 0 fully saturated rings. The molecule has 7 nitrogen and oxygen atoms in total. The van der Waals surface area contributed by atoms with Crippen LogP contribution in [-0.4, -0.2) is 32.8 Å². The molecule has 1 aromatic carbocycles. The van der Waals surface area contributed by atoms with E-state index in [1.54, 1.807) is 13.3 Å². The van der Waals surface area contributed by atoms with Gasteiger partial charge in [0, 0.05) is 42.0 Å². The van der Waals surface area contributed by atoms with Gasteiger partial charge in [0.2, 0.25) is 5.91 Å². The molecule has 4 aromatic rings. The Labute approximate surface area is 197 Å². The highest BCUT2D eigenvalue weighted by Gasteiger charge is 2.30. The molecule has 9 heteroatoms. The van der Waals surface area contributed by atoms with E-state index >= 15 is 0 Å². The average Bonchev–Trinajstić information content (AvgIpc) is 3.35. The number of carbonyl (C=O) groups excluding carboxylic acids is 1. The smallest absolute Gasteiger partial charge is 0.223 e. The predicted molar refractivity (Wildman–Crippen MR) is 128 cm³/mol. The zero-order valence-corrected chi connectivity index (χ0v) is 20.0. The molecule has 162 valence electrons. The molecule has 1 N–H and O–H groups in total. The number of amides is 1. The SMILES string of the molecule is COCc1ccc(-n2nc(-c3cccnc3)c3c2-c2sc(NC(C)=O)nc2CC3)c(Br)c1. The Balaban J connectivity index is 1.72. The Morgan fingerprint density at radius 3 is 2.91 bits per heavy atom. The molecule has 3 heterocycles. The van der Waals surface area contributed by atoms with Gasteiger partial charge in [0.05, 0.1) is 34.3 Å². The van der Waals surface area contributed by atoms with Crippen LogP contribution in [0.2, 0.25) is 0 Å². The summed E-state index contributed by atoms with van der Waals surface area (Å²) < 4.78 is 8.17. The first kappa shape index (κ1) is 21.0. The van der Waals surface area contributed by atoms with Gasteiger partial charge in [0.1, 0.15) is 0 Å². The van der Waals surface area contributed by atoms with Crippen LogP contribution in [0, 0.1) is 0 Å². The monoisotopic (exact) mass is 509 g/mol. The van der Waals surface area contributed by atoms with Crippen LogP contribution in [0.1, 0.15) is 23.7 Å². The Morgan fingerprint density at radius 1 is 1.31 bits per heavy atom. The normalized spacial score (nSPS) is 12.3. The third-order valence-electron chi connectivity index (χ3n) is 5.28. The number of anilines is 1. The largest absolute Gasteiger partial charge is 0.380 e. The minimum absolute atomic E-state index is 0.127. The van der Waals surface area contributed by atoms with Crippen LogP contribution in [0.4, 0.5) is 5.13 Å². The van der Waals surface area contributed by atoms with E-state index in [-0.39, 0.29) is 5.91 Å². The number of aromatic nitrogens is 4. The molecule has 0 radical (unpaired) electrons. The summed E-state index contributed by atoms with van der Waals surface area (Å²) in [5, 5.41) is 8.49. The van der Waals surface area contributed by atoms with Crippen LogP contribution in [0.5, 0.6) is 0 Å². The van der Waals surface area contributed by atoms with Gasteiger partial charge >= 0.3 is 0 Å². The molecule has 0 spiro atoms. The number of ether oxygens (including phenoxy) is 1. The molecule has 1 aliphatic rings. The minimum atomic E-state index is -0.127. The number of pyridine rings is 1. The number of nitrogens with one attached hydrogen (secondary N) is 1. The van der Waals surface area contributed by atoms with Crippen molar-refractivity contribution in [2.45, 2.75) is 26.4 Å². The lowest BCUT2D eigenvalue weighted by Crippen LogP contribution is -2.07. The summed E-state index contributed by atoms with van der Waals surface area (Å²) in [5.74, 6) is -0.127. The fraction of sp³-hybridized carbons (Fsp3) is 0.217. The summed E-state index contributed by atoms with van der Waals surface area (Å²) in [6.45, 7) is 2.03. The molecule has 1 aliphatic carbocycles. The number of rotatable bonds is 5. The number of halogens is 1. The number of thiazole rings is 1. The number of methoxy groups -OCH3 is 1. The zero-order valence-electron chi connectivity index (χ0n) is 17.6. The lowest BCUT2D eigenvalue weighted by atomic mass is 9.95. The summed E-state index contributed by atoms with van der Waals surface area (Å²) >= 11 is 5.21. The molecule has 0 atom stereocenters. The quantitative estimate of drug-likeness (QED) is 0.408. The standard InChI is InChI=1S/C23H20BrN5O2S/c1-13(30)26-23-27-18-7-6-16-20(15-4-3-9-25-11-15)28-29(21(16)22(18)32-23)19-8-5-14(12-31-2)10-17(19)24/h3-5,8-11H,6-7,12H2,1-2H3,(H,26,27,30). The van der Waals surface area contributed by atoms with E-state index in [0.717, 1.165) is 61.7 Å². The number of hydrogen-bond acceptors (Lipinski definition) is 6. The van der Waals surface area contributed by atoms with Crippen molar-refractivity contribution in [2.75, 3.05) is 12.4 Å². The molecule has 0 saturated heterocycles. The summed E-state index contributed by atoms with van der Waals surface area (Å²) in [6, 6.07) is 10.1. The second-order valence-corrected chi connectivity index (χ2v) is 9.38. The van der Waals surface area contributed by atoms with E-state index in [0.29, 0.717) is 11.7 Å². The molecule has 0 bridgehead atoms. The minimum Gasteiger partial charge on any atom is -0.380 e. The molecular formula is C23H20BrN5O2S. The molecule has 32 heavy (non-hydrogen) atoms. The van der Waals surface area contributed by atoms with E-state index in [1.807, 2.05) is 35.1 Å². The summed E-state index contributed by atoms with van der Waals surface area (Å²) in [6.07, 6.45) is 5.22. The second kappa shape index (κ2) is 8.57. The van der Waals surface area contributed by atoms with Crippen molar-refractivity contribution in [3.63, 3.8) is 0 Å². The number of hydrogen-bond donors (Lipinski definition) is 1. The van der Waals surface area contributed by atoms with Crippen molar-refractivity contribution in [3.8, 4) is 27.5 Å². The van der Waals surface area contributed by atoms with Crippen molar-refractivity contribution in [1.82, 2.24) is 19.7 Å². The summed E-state index contributed by atoms with van der Waals surface area (Å²) in [5.41, 5.74) is 7.06. The number of carbonyl (C=O) groups is 1. The Bertz CT molecular complexity index is 1320. The van der Waals surface area contributed by atoms with Crippen molar-refractivity contribution in [1.29, 1.82) is 0 Å². The van der Waals surface area contributed by atoms with Crippen LogP contribution in [0.15, 0.2) is 47.2 Å². The highest BCUT2D eigenvalue weighted by atomic mass is 79.9. The average molecular weight is 510 g/mol.